The summed E-state index contributed by atoms with van der Waals surface area (Å²) in [7, 11) is 0. The largest absolute Gasteiger partial charge is 0.504 e. The molecule has 0 spiro atoms. The number of rotatable bonds is 4. The first-order valence-electron chi connectivity index (χ1n) is 6.86. The number of Topliss-reactive ketones (excluding diaryl/α,β-unsaturated/α-hetero) is 1. The van der Waals surface area contributed by atoms with Crippen molar-refractivity contribution in [1.29, 1.82) is 0 Å². The Morgan fingerprint density at radius 3 is 1.78 bits per heavy atom. The van der Waals surface area contributed by atoms with E-state index in [-0.39, 0.29) is 17.1 Å². The molecule has 0 unspecified atom stereocenters. The maximum Gasteiger partial charge on any atom is 0.330 e. The Bertz CT molecular complexity index is 689. The Kier molecular flexibility index (Phi) is 7.01. The van der Waals surface area contributed by atoms with Gasteiger partial charge in [0.15, 0.2) is 5.76 Å². The van der Waals surface area contributed by atoms with Crippen LogP contribution in [0.4, 0.5) is 0 Å². The summed E-state index contributed by atoms with van der Waals surface area (Å²) in [6.07, 6.45) is 1.47. The lowest BCUT2D eigenvalue weighted by atomic mass is 10.1. The molecular formula is C19H18O4. The van der Waals surface area contributed by atoms with Crippen molar-refractivity contribution in [2.75, 3.05) is 0 Å². The molecule has 0 aliphatic carbocycles. The van der Waals surface area contributed by atoms with E-state index in [2.05, 4.69) is 6.58 Å². The third-order valence-electron chi connectivity index (χ3n) is 2.74. The minimum Gasteiger partial charge on any atom is -0.504 e. The van der Waals surface area contributed by atoms with Crippen molar-refractivity contribution < 1.29 is 19.8 Å². The van der Waals surface area contributed by atoms with Gasteiger partial charge in [-0.3, -0.25) is 4.79 Å². The van der Waals surface area contributed by atoms with Gasteiger partial charge in [0, 0.05) is 11.1 Å². The number of carboxylic acid groups (broad SMARTS) is 1. The summed E-state index contributed by atoms with van der Waals surface area (Å²) in [5.41, 5.74) is 1.46. The van der Waals surface area contributed by atoms with E-state index < -0.39 is 5.97 Å². The number of carbonyl (C=O) groups is 2. The van der Waals surface area contributed by atoms with Crippen LogP contribution in [0.25, 0.3) is 6.08 Å². The quantitative estimate of drug-likeness (QED) is 0.506. The number of aliphatic hydroxyl groups excluding tert-OH is 1. The van der Waals surface area contributed by atoms with Gasteiger partial charge in [0.2, 0.25) is 5.78 Å². The molecule has 0 amide bonds. The van der Waals surface area contributed by atoms with Gasteiger partial charge in [-0.15, -0.1) is 0 Å². The standard InChI is InChI=1S/C15H12O2.C4H6O2/c16-14(11-12-7-3-1-4-8-12)15(17)13-9-5-2-6-10-13;1-3(2)4(5)6/h1-11,16H;1H2,2H3,(H,5,6). The van der Waals surface area contributed by atoms with Crippen LogP contribution in [0, 0.1) is 0 Å². The number of aliphatic hydroxyl groups is 1. The van der Waals surface area contributed by atoms with Gasteiger partial charge in [-0.05, 0) is 18.6 Å². The van der Waals surface area contributed by atoms with Crippen molar-refractivity contribution in [1.82, 2.24) is 0 Å². The normalized spacial score (nSPS) is 10.2. The predicted molar refractivity (Wildman–Crippen MR) is 90.3 cm³/mol. The highest BCUT2D eigenvalue weighted by Crippen LogP contribution is 2.10. The molecule has 0 radical (unpaired) electrons. The minimum atomic E-state index is -0.935. The van der Waals surface area contributed by atoms with Gasteiger partial charge < -0.3 is 10.2 Å². The molecular weight excluding hydrogens is 292 g/mol. The van der Waals surface area contributed by atoms with Crippen LogP contribution in [0.5, 0.6) is 0 Å². The molecule has 0 saturated carbocycles. The maximum absolute atomic E-state index is 11.8. The molecule has 23 heavy (non-hydrogen) atoms. The maximum atomic E-state index is 11.8. The molecule has 0 saturated heterocycles. The van der Waals surface area contributed by atoms with Crippen LogP contribution in [0.3, 0.4) is 0 Å². The molecule has 0 aromatic heterocycles. The summed E-state index contributed by atoms with van der Waals surface area (Å²) in [4.78, 5) is 21.4. The first-order chi connectivity index (χ1) is 10.9. The van der Waals surface area contributed by atoms with Crippen molar-refractivity contribution in [2.45, 2.75) is 6.92 Å². The SMILES string of the molecule is C=C(C)C(=O)O.O=C(C(O)=Cc1ccccc1)c1ccccc1. The van der Waals surface area contributed by atoms with Crippen molar-refractivity contribution in [3.63, 3.8) is 0 Å². The Balaban J connectivity index is 0.000000379. The third kappa shape index (κ3) is 6.44. The summed E-state index contributed by atoms with van der Waals surface area (Å²) in [5, 5.41) is 17.6. The van der Waals surface area contributed by atoms with Crippen LogP contribution < -0.4 is 0 Å². The Hall–Kier alpha value is -3.14. The van der Waals surface area contributed by atoms with Crippen LogP contribution in [-0.4, -0.2) is 22.0 Å². The molecule has 0 atom stereocenters. The van der Waals surface area contributed by atoms with E-state index in [4.69, 9.17) is 5.11 Å². The van der Waals surface area contributed by atoms with Crippen molar-refractivity contribution in [3.8, 4) is 0 Å². The van der Waals surface area contributed by atoms with Crippen LogP contribution >= 0.6 is 0 Å². The van der Waals surface area contributed by atoms with Crippen LogP contribution in [0.15, 0.2) is 78.6 Å². The Labute approximate surface area is 135 Å². The van der Waals surface area contributed by atoms with Gasteiger partial charge in [-0.25, -0.2) is 4.79 Å². The molecule has 2 aromatic carbocycles. The summed E-state index contributed by atoms with van der Waals surface area (Å²) >= 11 is 0. The first kappa shape index (κ1) is 17.9. The van der Waals surface area contributed by atoms with Crippen molar-refractivity contribution in [3.05, 3.63) is 89.7 Å². The zero-order valence-corrected chi connectivity index (χ0v) is 12.8. The van der Waals surface area contributed by atoms with Crippen LogP contribution in [0.2, 0.25) is 0 Å². The van der Waals surface area contributed by atoms with E-state index in [0.717, 1.165) is 5.56 Å². The molecule has 4 nitrogen and oxygen atoms in total. The van der Waals surface area contributed by atoms with Gasteiger partial charge in [-0.2, -0.15) is 0 Å². The van der Waals surface area contributed by atoms with E-state index in [1.807, 2.05) is 36.4 Å². The summed E-state index contributed by atoms with van der Waals surface area (Å²) in [5.74, 6) is -1.55. The van der Waals surface area contributed by atoms with Gasteiger partial charge in [0.1, 0.15) is 0 Å². The molecule has 118 valence electrons. The lowest BCUT2D eigenvalue weighted by Crippen LogP contribution is -2.02. The highest BCUT2D eigenvalue weighted by molar-refractivity contribution is 6.09. The van der Waals surface area contributed by atoms with E-state index in [9.17, 15) is 14.7 Å². The summed E-state index contributed by atoms with van der Waals surface area (Å²) < 4.78 is 0. The number of carbonyl (C=O) groups excluding carboxylic acids is 1. The molecule has 2 rings (SSSR count). The third-order valence-corrected chi connectivity index (χ3v) is 2.74. The van der Waals surface area contributed by atoms with Gasteiger partial charge in [-0.1, -0.05) is 67.2 Å². The van der Waals surface area contributed by atoms with Gasteiger partial charge in [0.25, 0.3) is 0 Å². The number of benzene rings is 2. The Morgan fingerprint density at radius 1 is 0.913 bits per heavy atom. The monoisotopic (exact) mass is 310 g/mol. The highest BCUT2D eigenvalue weighted by atomic mass is 16.4. The number of carboxylic acids is 1. The fourth-order valence-corrected chi connectivity index (χ4v) is 1.51. The van der Waals surface area contributed by atoms with Crippen LogP contribution in [0.1, 0.15) is 22.8 Å². The molecule has 0 fully saturated rings. The van der Waals surface area contributed by atoms with Crippen molar-refractivity contribution in [2.24, 2.45) is 0 Å². The topological polar surface area (TPSA) is 74.6 Å². The molecule has 0 aliphatic rings. The van der Waals surface area contributed by atoms with E-state index in [1.165, 1.54) is 13.0 Å². The number of hydrogen-bond acceptors (Lipinski definition) is 3. The number of aliphatic carboxylic acids is 1. The lowest BCUT2D eigenvalue weighted by Gasteiger charge is -2.00. The number of ketones is 1. The second-order valence-electron chi connectivity index (χ2n) is 4.72. The molecule has 0 aliphatic heterocycles. The minimum absolute atomic E-state index is 0.176. The summed E-state index contributed by atoms with van der Waals surface area (Å²) in [6.45, 7) is 4.60. The number of allylic oxidation sites excluding steroid dienone is 1. The molecule has 4 heteroatoms. The molecule has 0 heterocycles. The average molecular weight is 310 g/mol. The highest BCUT2D eigenvalue weighted by Gasteiger charge is 2.09. The zero-order chi connectivity index (χ0) is 17.2. The first-order valence-corrected chi connectivity index (χ1v) is 6.86. The number of hydrogen-bond donors (Lipinski definition) is 2. The smallest absolute Gasteiger partial charge is 0.330 e. The fraction of sp³-hybridized carbons (Fsp3) is 0.0526. The predicted octanol–water partition coefficient (Wildman–Crippen LogP) is 4.12. The van der Waals surface area contributed by atoms with E-state index in [1.54, 1.807) is 24.3 Å². The molecule has 2 aromatic rings. The van der Waals surface area contributed by atoms with Crippen molar-refractivity contribution >= 4 is 17.8 Å². The lowest BCUT2D eigenvalue weighted by molar-refractivity contribution is -0.132. The van der Waals surface area contributed by atoms with Gasteiger partial charge >= 0.3 is 5.97 Å². The Morgan fingerprint density at radius 2 is 1.35 bits per heavy atom. The van der Waals surface area contributed by atoms with Gasteiger partial charge in [0.05, 0.1) is 0 Å². The molecule has 0 bridgehead atoms. The van der Waals surface area contributed by atoms with E-state index >= 15 is 0 Å². The summed E-state index contributed by atoms with van der Waals surface area (Å²) in [6, 6.07) is 18.0. The van der Waals surface area contributed by atoms with Crippen LogP contribution in [-0.2, 0) is 4.79 Å². The average Bonchev–Trinajstić information content (AvgIpc) is 2.56. The second kappa shape index (κ2) is 9.00. The fourth-order valence-electron chi connectivity index (χ4n) is 1.51. The second-order valence-corrected chi connectivity index (χ2v) is 4.72. The zero-order valence-electron chi connectivity index (χ0n) is 12.8. The molecule has 2 N–H and O–H groups in total. The van der Waals surface area contributed by atoms with E-state index in [0.29, 0.717) is 5.56 Å².